The Kier molecular flexibility index (Phi) is 13.2. The molecule has 4 rings (SSSR count). The van der Waals surface area contributed by atoms with Crippen LogP contribution in [0.5, 0.6) is 5.75 Å². The van der Waals surface area contributed by atoms with E-state index in [0.717, 1.165) is 28.7 Å². The summed E-state index contributed by atoms with van der Waals surface area (Å²) in [4.78, 5) is 41.7. The fourth-order valence-corrected chi connectivity index (χ4v) is 6.36. The van der Waals surface area contributed by atoms with Gasteiger partial charge in [-0.15, -0.1) is 0 Å². The van der Waals surface area contributed by atoms with Crippen LogP contribution in [0.15, 0.2) is 78.9 Å². The normalized spacial score (nSPS) is 15.7. The third-order valence-electron chi connectivity index (χ3n) is 8.69. The first kappa shape index (κ1) is 35.5. The maximum absolute atomic E-state index is 14.0. The van der Waals surface area contributed by atoms with Crippen molar-refractivity contribution in [2.45, 2.75) is 77.6 Å². The third-order valence-corrected chi connectivity index (χ3v) is 8.69. The summed E-state index contributed by atoms with van der Waals surface area (Å²) in [6, 6.07) is 24.3. The van der Waals surface area contributed by atoms with Crippen molar-refractivity contribution in [1.82, 2.24) is 20.9 Å². The van der Waals surface area contributed by atoms with Crippen LogP contribution in [-0.4, -0.2) is 73.8 Å². The van der Waals surface area contributed by atoms with Gasteiger partial charge in [0.15, 0.2) is 6.61 Å². The molecule has 1 saturated heterocycles. The number of ether oxygens (including phenoxy) is 2. The lowest BCUT2D eigenvalue weighted by Crippen LogP contribution is -2.59. The van der Waals surface area contributed by atoms with Gasteiger partial charge >= 0.3 is 6.03 Å². The van der Waals surface area contributed by atoms with Crippen molar-refractivity contribution in [2.75, 3.05) is 26.8 Å². The number of para-hydroxylation sites is 1. The highest BCUT2D eigenvalue weighted by Gasteiger charge is 2.36. The lowest BCUT2D eigenvalue weighted by molar-refractivity contribution is -0.128. The van der Waals surface area contributed by atoms with Crippen LogP contribution in [-0.2, 0) is 27.2 Å². The van der Waals surface area contributed by atoms with E-state index in [1.54, 1.807) is 12.0 Å². The molecule has 9 nitrogen and oxygen atoms in total. The molecular weight excluding hydrogens is 592 g/mol. The highest BCUT2D eigenvalue weighted by molar-refractivity contribution is 5.87. The Morgan fingerprint density at radius 3 is 2.06 bits per heavy atom. The van der Waals surface area contributed by atoms with Crippen molar-refractivity contribution in [3.63, 3.8) is 0 Å². The maximum atomic E-state index is 14.0. The average Bonchev–Trinajstić information content (AvgIpc) is 3.05. The van der Waals surface area contributed by atoms with Gasteiger partial charge in [-0.25, -0.2) is 4.79 Å². The molecule has 0 saturated carbocycles. The molecule has 47 heavy (non-hydrogen) atoms. The number of methoxy groups -OCH3 is 1. The van der Waals surface area contributed by atoms with Crippen molar-refractivity contribution in [3.05, 3.63) is 101 Å². The van der Waals surface area contributed by atoms with E-state index >= 15 is 0 Å². The van der Waals surface area contributed by atoms with E-state index < -0.39 is 18.2 Å². The van der Waals surface area contributed by atoms with E-state index in [-0.39, 0.29) is 36.4 Å². The van der Waals surface area contributed by atoms with Gasteiger partial charge in [-0.1, -0.05) is 92.7 Å². The van der Waals surface area contributed by atoms with Gasteiger partial charge in [0.05, 0.1) is 12.1 Å². The molecule has 1 fully saturated rings. The number of amides is 4. The molecule has 252 valence electrons. The minimum atomic E-state index is -0.614. The van der Waals surface area contributed by atoms with Crippen molar-refractivity contribution in [1.29, 1.82) is 0 Å². The summed E-state index contributed by atoms with van der Waals surface area (Å²) >= 11 is 0. The van der Waals surface area contributed by atoms with E-state index in [9.17, 15) is 14.4 Å². The number of urea groups is 1. The van der Waals surface area contributed by atoms with Crippen molar-refractivity contribution in [3.8, 4) is 5.75 Å². The topological polar surface area (TPSA) is 109 Å². The molecule has 0 aromatic heterocycles. The van der Waals surface area contributed by atoms with E-state index in [1.807, 2.05) is 107 Å². The fourth-order valence-electron chi connectivity index (χ4n) is 6.36. The standard InChI is InChI=1S/C38H50N4O5/c1-26(2)35(42-21-13-20-39-38(42)45)37(44)40-31(22-29-16-8-6-9-17-29)24-33(46-5)32(23-30-18-10-7-11-19-30)41-34(43)25-47-36-27(3)14-12-15-28(36)4/h6-12,14-19,26,31-33,35H,13,20-25H2,1-5H3,(H,39,45)(H,40,44)(H,41,43)/t31-,32-,33-,35-/m0/s1. The predicted molar refractivity (Wildman–Crippen MR) is 184 cm³/mol. The van der Waals surface area contributed by atoms with Crippen LogP contribution < -0.4 is 20.7 Å². The molecular formula is C38H50N4O5. The molecule has 4 atom stereocenters. The summed E-state index contributed by atoms with van der Waals surface area (Å²) < 4.78 is 12.1. The number of rotatable bonds is 16. The zero-order valence-electron chi connectivity index (χ0n) is 28.3. The number of hydrogen-bond acceptors (Lipinski definition) is 5. The molecule has 0 radical (unpaired) electrons. The zero-order valence-corrected chi connectivity index (χ0v) is 28.3. The Hall–Kier alpha value is -4.37. The molecule has 0 aliphatic carbocycles. The largest absolute Gasteiger partial charge is 0.483 e. The second-order valence-corrected chi connectivity index (χ2v) is 12.7. The highest BCUT2D eigenvalue weighted by atomic mass is 16.5. The van der Waals surface area contributed by atoms with Crippen molar-refractivity contribution >= 4 is 17.8 Å². The van der Waals surface area contributed by atoms with E-state index in [2.05, 4.69) is 16.0 Å². The maximum Gasteiger partial charge on any atom is 0.318 e. The Morgan fingerprint density at radius 2 is 1.49 bits per heavy atom. The Morgan fingerprint density at radius 1 is 0.872 bits per heavy atom. The predicted octanol–water partition coefficient (Wildman–Crippen LogP) is 4.98. The summed E-state index contributed by atoms with van der Waals surface area (Å²) in [6.45, 7) is 8.85. The van der Waals surface area contributed by atoms with Crippen LogP contribution in [0.4, 0.5) is 4.79 Å². The number of benzene rings is 3. The van der Waals surface area contributed by atoms with E-state index in [1.165, 1.54) is 0 Å². The molecule has 1 aliphatic heterocycles. The van der Waals surface area contributed by atoms with Crippen LogP contribution in [0, 0.1) is 19.8 Å². The van der Waals surface area contributed by atoms with Gasteiger partial charge in [0.2, 0.25) is 5.91 Å². The summed E-state index contributed by atoms with van der Waals surface area (Å²) in [5.74, 6) is 0.170. The van der Waals surface area contributed by atoms with Gasteiger partial charge in [-0.3, -0.25) is 9.59 Å². The number of aryl methyl sites for hydroxylation is 2. The van der Waals surface area contributed by atoms with Crippen molar-refractivity contribution < 1.29 is 23.9 Å². The molecule has 3 aromatic carbocycles. The first-order chi connectivity index (χ1) is 22.7. The quantitative estimate of drug-likeness (QED) is 0.204. The van der Waals surface area contributed by atoms with Gasteiger partial charge in [-0.2, -0.15) is 0 Å². The highest BCUT2D eigenvalue weighted by Crippen LogP contribution is 2.23. The summed E-state index contributed by atoms with van der Waals surface area (Å²) in [6.07, 6.45) is 1.87. The number of nitrogens with one attached hydrogen (secondary N) is 3. The van der Waals surface area contributed by atoms with Gasteiger partial charge in [0.1, 0.15) is 11.8 Å². The van der Waals surface area contributed by atoms with Crippen LogP contribution in [0.1, 0.15) is 48.9 Å². The summed E-state index contributed by atoms with van der Waals surface area (Å²) in [5, 5.41) is 9.34. The molecule has 1 aliphatic rings. The van der Waals surface area contributed by atoms with Gasteiger partial charge in [0, 0.05) is 26.2 Å². The molecule has 1 heterocycles. The van der Waals surface area contributed by atoms with E-state index in [0.29, 0.717) is 38.1 Å². The number of nitrogens with zero attached hydrogens (tertiary/aromatic N) is 1. The van der Waals surface area contributed by atoms with Gasteiger partial charge in [0.25, 0.3) is 5.91 Å². The zero-order chi connectivity index (χ0) is 33.8. The van der Waals surface area contributed by atoms with Gasteiger partial charge < -0.3 is 30.3 Å². The molecule has 4 amide bonds. The monoisotopic (exact) mass is 642 g/mol. The molecule has 9 heteroatoms. The lowest BCUT2D eigenvalue weighted by Gasteiger charge is -2.37. The number of carbonyl (C=O) groups excluding carboxylic acids is 3. The SMILES string of the molecule is CO[C@@H](C[C@H](Cc1ccccc1)NC(=O)[C@H](C(C)C)N1CCCNC1=O)[C@H](Cc1ccccc1)NC(=O)COc1c(C)cccc1C. The molecule has 3 aromatic rings. The van der Waals surface area contributed by atoms with E-state index in [4.69, 9.17) is 9.47 Å². The summed E-state index contributed by atoms with van der Waals surface area (Å²) in [7, 11) is 1.64. The third kappa shape index (κ3) is 10.3. The minimum Gasteiger partial charge on any atom is -0.483 e. The second-order valence-electron chi connectivity index (χ2n) is 12.7. The molecule has 3 N–H and O–H groups in total. The van der Waals surface area contributed by atoms with Crippen molar-refractivity contribution in [2.24, 2.45) is 5.92 Å². The van der Waals surface area contributed by atoms with Crippen LogP contribution in [0.2, 0.25) is 0 Å². The second kappa shape index (κ2) is 17.5. The molecule has 0 unspecified atom stereocenters. The molecule has 0 spiro atoms. The fraction of sp³-hybridized carbons (Fsp3) is 0.447. The Labute approximate surface area is 279 Å². The first-order valence-corrected chi connectivity index (χ1v) is 16.6. The molecule has 0 bridgehead atoms. The smallest absolute Gasteiger partial charge is 0.318 e. The van der Waals surface area contributed by atoms with Crippen LogP contribution in [0.3, 0.4) is 0 Å². The first-order valence-electron chi connectivity index (χ1n) is 16.6. The minimum absolute atomic E-state index is 0.0866. The van der Waals surface area contributed by atoms with Gasteiger partial charge in [-0.05, 0) is 67.7 Å². The number of carbonyl (C=O) groups is 3. The average molecular weight is 643 g/mol. The lowest BCUT2D eigenvalue weighted by atomic mass is 9.92. The van der Waals surface area contributed by atoms with Crippen LogP contribution in [0.25, 0.3) is 0 Å². The Bertz CT molecular complexity index is 1430. The Balaban J connectivity index is 1.56. The number of hydrogen-bond donors (Lipinski definition) is 3. The summed E-state index contributed by atoms with van der Waals surface area (Å²) in [5.41, 5.74) is 4.05. The van der Waals surface area contributed by atoms with Crippen LogP contribution >= 0.6 is 0 Å².